The molecule has 0 fully saturated rings. The molecule has 1 atom stereocenters. The summed E-state index contributed by atoms with van der Waals surface area (Å²) in [6.07, 6.45) is 0. The first-order chi connectivity index (χ1) is 13.1. The van der Waals surface area contributed by atoms with Crippen molar-refractivity contribution in [3.63, 3.8) is 0 Å². The molecule has 3 N–H and O–H groups in total. The summed E-state index contributed by atoms with van der Waals surface area (Å²) in [5.74, 6) is 0.170. The Bertz CT molecular complexity index is 1170. The predicted molar refractivity (Wildman–Crippen MR) is 107 cm³/mol. The summed E-state index contributed by atoms with van der Waals surface area (Å²) >= 11 is 1.19. The molecule has 0 radical (unpaired) electrons. The van der Waals surface area contributed by atoms with E-state index in [9.17, 15) is 13.2 Å². The number of carbonyl (C=O) groups is 1. The Morgan fingerprint density at radius 2 is 1.96 bits per heavy atom. The van der Waals surface area contributed by atoms with Gasteiger partial charge in [0.05, 0.1) is 10.1 Å². The molecule has 3 rings (SSSR count). The Balaban J connectivity index is 1.76. The molecule has 0 bridgehead atoms. The number of benzene rings is 1. The number of aryl methyl sites for hydroxylation is 2. The second-order valence-corrected chi connectivity index (χ2v) is 9.21. The third-order valence-corrected chi connectivity index (χ3v) is 6.19. The van der Waals surface area contributed by atoms with Gasteiger partial charge in [0.2, 0.25) is 21.1 Å². The van der Waals surface area contributed by atoms with Crippen LogP contribution in [0.5, 0.6) is 0 Å². The van der Waals surface area contributed by atoms with E-state index in [1.54, 1.807) is 17.5 Å². The van der Waals surface area contributed by atoms with Gasteiger partial charge in [0.25, 0.3) is 5.78 Å². The summed E-state index contributed by atoms with van der Waals surface area (Å²) in [6, 6.07) is 5.78. The first-order valence-electron chi connectivity index (χ1n) is 8.37. The van der Waals surface area contributed by atoms with Crippen LogP contribution in [0.25, 0.3) is 5.78 Å². The molecule has 11 heteroatoms. The average Bonchev–Trinajstić information content (AvgIpc) is 3.01. The highest BCUT2D eigenvalue weighted by Gasteiger charge is 2.19. The Morgan fingerprint density at radius 3 is 2.64 bits per heavy atom. The summed E-state index contributed by atoms with van der Waals surface area (Å²) in [7, 11) is -3.84. The highest BCUT2D eigenvalue weighted by Crippen LogP contribution is 2.23. The number of sulfonamides is 1. The van der Waals surface area contributed by atoms with Crippen molar-refractivity contribution in [3.05, 3.63) is 41.2 Å². The molecule has 9 nitrogen and oxygen atoms in total. The summed E-state index contributed by atoms with van der Waals surface area (Å²) in [6.45, 7) is 7.54. The number of aromatic nitrogens is 4. The van der Waals surface area contributed by atoms with Gasteiger partial charge in [-0.05, 0) is 51.5 Å². The lowest BCUT2D eigenvalue weighted by Crippen LogP contribution is -2.23. The number of amides is 1. The van der Waals surface area contributed by atoms with Crippen molar-refractivity contribution in [2.24, 2.45) is 5.14 Å². The van der Waals surface area contributed by atoms with E-state index in [4.69, 9.17) is 5.14 Å². The normalized spacial score (nSPS) is 12.9. The number of thioether (sulfide) groups is 1. The molecule has 148 valence electrons. The van der Waals surface area contributed by atoms with Crippen LogP contribution in [0.1, 0.15) is 23.9 Å². The van der Waals surface area contributed by atoms with Crippen molar-refractivity contribution in [1.82, 2.24) is 19.6 Å². The first kappa shape index (κ1) is 20.2. The number of nitrogens with one attached hydrogen (secondary N) is 1. The molecule has 1 aromatic carbocycles. The molecule has 3 aromatic rings. The molecule has 0 saturated heterocycles. The van der Waals surface area contributed by atoms with Crippen molar-refractivity contribution < 1.29 is 13.2 Å². The van der Waals surface area contributed by atoms with E-state index in [1.165, 1.54) is 30.0 Å². The molecule has 1 unspecified atom stereocenters. The first-order valence-corrected chi connectivity index (χ1v) is 10.8. The van der Waals surface area contributed by atoms with Crippen LogP contribution < -0.4 is 10.5 Å². The summed E-state index contributed by atoms with van der Waals surface area (Å²) < 4.78 is 24.5. The Hall–Kier alpha value is -2.50. The minimum absolute atomic E-state index is 0.0695. The van der Waals surface area contributed by atoms with Gasteiger partial charge >= 0.3 is 0 Å². The molecular weight excluding hydrogens is 400 g/mol. The molecular formula is C17H20N6O3S2. The van der Waals surface area contributed by atoms with Crippen LogP contribution in [-0.4, -0.2) is 39.2 Å². The minimum Gasteiger partial charge on any atom is -0.325 e. The highest BCUT2D eigenvalue weighted by molar-refractivity contribution is 8.00. The quantitative estimate of drug-likeness (QED) is 0.602. The standard InChI is InChI=1S/C17H20N6O3S2/c1-9-10(2)19-16-21-17(22-23(16)11(9)3)27-12(4)15(24)20-13-6-5-7-14(8-13)28(18,25)26/h5-8,12H,1-4H3,(H,20,24)(H2,18,25,26). The van der Waals surface area contributed by atoms with Crippen LogP contribution >= 0.6 is 11.8 Å². The van der Waals surface area contributed by atoms with Gasteiger partial charge < -0.3 is 5.32 Å². The van der Waals surface area contributed by atoms with Crippen LogP contribution in [0.2, 0.25) is 0 Å². The molecule has 1 amide bonds. The van der Waals surface area contributed by atoms with E-state index in [0.717, 1.165) is 17.0 Å². The lowest BCUT2D eigenvalue weighted by atomic mass is 10.2. The molecule has 2 aromatic heterocycles. The van der Waals surface area contributed by atoms with Crippen molar-refractivity contribution in [2.45, 2.75) is 43.0 Å². The van der Waals surface area contributed by atoms with Crippen molar-refractivity contribution in [3.8, 4) is 0 Å². The number of hydrogen-bond acceptors (Lipinski definition) is 7. The Morgan fingerprint density at radius 1 is 1.25 bits per heavy atom. The minimum atomic E-state index is -3.84. The Kier molecular flexibility index (Phi) is 5.41. The fourth-order valence-corrected chi connectivity index (χ4v) is 3.80. The highest BCUT2D eigenvalue weighted by atomic mass is 32.2. The fraction of sp³-hybridized carbons (Fsp3) is 0.294. The summed E-state index contributed by atoms with van der Waals surface area (Å²) in [5.41, 5.74) is 3.21. The van der Waals surface area contributed by atoms with Crippen molar-refractivity contribution >= 4 is 39.2 Å². The zero-order chi connectivity index (χ0) is 20.6. The van der Waals surface area contributed by atoms with Gasteiger partial charge in [-0.2, -0.15) is 4.98 Å². The van der Waals surface area contributed by atoms with Gasteiger partial charge in [-0.3, -0.25) is 4.79 Å². The second-order valence-electron chi connectivity index (χ2n) is 6.34. The van der Waals surface area contributed by atoms with E-state index in [1.807, 2.05) is 20.8 Å². The number of hydrogen-bond donors (Lipinski definition) is 2. The van der Waals surface area contributed by atoms with Gasteiger partial charge in [0.15, 0.2) is 0 Å². The summed E-state index contributed by atoms with van der Waals surface area (Å²) in [4.78, 5) is 21.2. The number of rotatable bonds is 5. The molecule has 0 aliphatic carbocycles. The lowest BCUT2D eigenvalue weighted by molar-refractivity contribution is -0.115. The smallest absolute Gasteiger partial charge is 0.253 e. The zero-order valence-electron chi connectivity index (χ0n) is 15.8. The maximum Gasteiger partial charge on any atom is 0.253 e. The zero-order valence-corrected chi connectivity index (χ0v) is 17.4. The molecule has 28 heavy (non-hydrogen) atoms. The maximum absolute atomic E-state index is 12.5. The number of carbonyl (C=O) groups excluding carboxylic acids is 1. The average molecular weight is 421 g/mol. The van der Waals surface area contributed by atoms with Gasteiger partial charge in [0.1, 0.15) is 0 Å². The fourth-order valence-electron chi connectivity index (χ4n) is 2.49. The second kappa shape index (κ2) is 7.49. The maximum atomic E-state index is 12.5. The van der Waals surface area contributed by atoms with E-state index in [-0.39, 0.29) is 10.8 Å². The number of primary sulfonamides is 1. The number of anilines is 1. The lowest BCUT2D eigenvalue weighted by Gasteiger charge is -2.10. The van der Waals surface area contributed by atoms with E-state index >= 15 is 0 Å². The predicted octanol–water partition coefficient (Wildman–Crippen LogP) is 1.82. The van der Waals surface area contributed by atoms with E-state index < -0.39 is 15.3 Å². The van der Waals surface area contributed by atoms with Gasteiger partial charge in [0, 0.05) is 17.1 Å². The van der Waals surface area contributed by atoms with E-state index in [2.05, 4.69) is 20.4 Å². The SMILES string of the molecule is Cc1nc2nc(SC(C)C(=O)Nc3cccc(S(N)(=O)=O)c3)nn2c(C)c1C. The molecule has 2 heterocycles. The molecule has 0 aliphatic heterocycles. The third-order valence-electron chi connectivity index (χ3n) is 4.32. The van der Waals surface area contributed by atoms with Crippen LogP contribution in [0.4, 0.5) is 5.69 Å². The topological polar surface area (TPSA) is 132 Å². The largest absolute Gasteiger partial charge is 0.325 e. The number of fused-ring (bicyclic) bond motifs is 1. The van der Waals surface area contributed by atoms with Crippen LogP contribution in [0.3, 0.4) is 0 Å². The monoisotopic (exact) mass is 420 g/mol. The van der Waals surface area contributed by atoms with Gasteiger partial charge in [-0.1, -0.05) is 17.8 Å². The van der Waals surface area contributed by atoms with Crippen molar-refractivity contribution in [1.29, 1.82) is 0 Å². The number of nitrogens with two attached hydrogens (primary N) is 1. The Labute approximate surface area is 166 Å². The molecule has 0 saturated carbocycles. The van der Waals surface area contributed by atoms with E-state index in [0.29, 0.717) is 16.6 Å². The van der Waals surface area contributed by atoms with Gasteiger partial charge in [-0.15, -0.1) is 5.10 Å². The molecule has 0 spiro atoms. The van der Waals surface area contributed by atoms with Crippen LogP contribution in [0, 0.1) is 20.8 Å². The van der Waals surface area contributed by atoms with Crippen molar-refractivity contribution in [2.75, 3.05) is 5.32 Å². The van der Waals surface area contributed by atoms with Gasteiger partial charge in [-0.25, -0.2) is 23.1 Å². The summed E-state index contributed by atoms with van der Waals surface area (Å²) in [5, 5.41) is 12.1. The molecule has 0 aliphatic rings. The van der Waals surface area contributed by atoms with Crippen LogP contribution in [-0.2, 0) is 14.8 Å². The van der Waals surface area contributed by atoms with Crippen LogP contribution in [0.15, 0.2) is 34.3 Å². The third kappa shape index (κ3) is 4.16. The number of nitrogens with zero attached hydrogens (tertiary/aromatic N) is 4.